The van der Waals surface area contributed by atoms with Crippen LogP contribution in [0.2, 0.25) is 0 Å². The van der Waals surface area contributed by atoms with E-state index in [1.165, 1.54) is 7.11 Å². The third-order valence-corrected chi connectivity index (χ3v) is 2.87. The molecule has 21 heavy (non-hydrogen) atoms. The Kier molecular flexibility index (Phi) is 4.61. The van der Waals surface area contributed by atoms with Gasteiger partial charge in [-0.25, -0.2) is 0 Å². The van der Waals surface area contributed by atoms with Crippen LogP contribution < -0.4 is 20.2 Å². The highest BCUT2D eigenvalue weighted by Crippen LogP contribution is 2.16. The number of amides is 1. The van der Waals surface area contributed by atoms with E-state index in [9.17, 15) is 9.59 Å². The first-order chi connectivity index (χ1) is 10.2. The van der Waals surface area contributed by atoms with Gasteiger partial charge in [-0.2, -0.15) is 0 Å². The summed E-state index contributed by atoms with van der Waals surface area (Å²) >= 11 is 0. The molecular formula is C15H15NO5. The molecule has 1 aromatic heterocycles. The lowest BCUT2D eigenvalue weighted by Gasteiger charge is -2.09. The number of carbonyl (C=O) groups is 1. The van der Waals surface area contributed by atoms with Crippen molar-refractivity contribution >= 4 is 5.91 Å². The van der Waals surface area contributed by atoms with Crippen LogP contribution in [0, 0.1) is 0 Å². The zero-order valence-electron chi connectivity index (χ0n) is 11.7. The van der Waals surface area contributed by atoms with E-state index >= 15 is 0 Å². The predicted molar refractivity (Wildman–Crippen MR) is 75.7 cm³/mol. The zero-order valence-corrected chi connectivity index (χ0v) is 11.7. The molecule has 0 fully saturated rings. The Morgan fingerprint density at radius 1 is 1.19 bits per heavy atom. The Balaban J connectivity index is 2.08. The normalized spacial score (nSPS) is 10.0. The topological polar surface area (TPSA) is 77.8 Å². The molecule has 2 rings (SSSR count). The van der Waals surface area contributed by atoms with Gasteiger partial charge in [-0.05, 0) is 6.07 Å². The molecule has 1 aromatic carbocycles. The Bertz CT molecular complexity index is 692. The second-order valence-corrected chi connectivity index (χ2v) is 4.17. The lowest BCUT2D eigenvalue weighted by molar-refractivity contribution is 0.0920. The van der Waals surface area contributed by atoms with Crippen molar-refractivity contribution in [2.24, 2.45) is 0 Å². The number of hydrogen-bond donors (Lipinski definition) is 1. The van der Waals surface area contributed by atoms with Crippen molar-refractivity contribution in [3.63, 3.8) is 0 Å². The smallest absolute Gasteiger partial charge is 0.287 e. The van der Waals surface area contributed by atoms with Crippen molar-refractivity contribution in [1.82, 2.24) is 5.32 Å². The maximum absolute atomic E-state index is 11.9. The lowest BCUT2D eigenvalue weighted by Crippen LogP contribution is -2.24. The average molecular weight is 289 g/mol. The molecule has 0 atom stereocenters. The molecule has 1 heterocycles. The molecule has 0 aliphatic carbocycles. The third-order valence-electron chi connectivity index (χ3n) is 2.87. The standard InChI is InChI=1S/C15H15NO5/c1-19-12-6-4-3-5-10(12)8-16-15(18)13-7-11(17)14(20-2)9-21-13/h3-7,9H,8H2,1-2H3,(H,16,18). The fourth-order valence-corrected chi connectivity index (χ4v) is 1.78. The van der Waals surface area contributed by atoms with Gasteiger partial charge in [0.2, 0.25) is 11.2 Å². The van der Waals surface area contributed by atoms with Crippen molar-refractivity contribution in [3.05, 3.63) is 58.1 Å². The van der Waals surface area contributed by atoms with E-state index in [1.807, 2.05) is 18.2 Å². The monoisotopic (exact) mass is 289 g/mol. The molecule has 0 radical (unpaired) electrons. The third kappa shape index (κ3) is 3.42. The van der Waals surface area contributed by atoms with Gasteiger partial charge >= 0.3 is 0 Å². The first-order valence-electron chi connectivity index (χ1n) is 6.22. The van der Waals surface area contributed by atoms with Gasteiger partial charge in [-0.3, -0.25) is 9.59 Å². The van der Waals surface area contributed by atoms with Gasteiger partial charge in [0.05, 0.1) is 14.2 Å². The highest BCUT2D eigenvalue weighted by Gasteiger charge is 2.12. The molecule has 0 saturated carbocycles. The average Bonchev–Trinajstić information content (AvgIpc) is 2.52. The largest absolute Gasteiger partial charge is 0.496 e. The summed E-state index contributed by atoms with van der Waals surface area (Å²) < 4.78 is 15.0. The van der Waals surface area contributed by atoms with Gasteiger partial charge in [-0.15, -0.1) is 0 Å². The zero-order chi connectivity index (χ0) is 15.2. The van der Waals surface area contributed by atoms with Crippen molar-refractivity contribution in [2.45, 2.75) is 6.54 Å². The minimum Gasteiger partial charge on any atom is -0.496 e. The molecule has 2 aromatic rings. The van der Waals surface area contributed by atoms with Gasteiger partial charge in [-0.1, -0.05) is 18.2 Å². The predicted octanol–water partition coefficient (Wildman–Crippen LogP) is 1.59. The highest BCUT2D eigenvalue weighted by atomic mass is 16.5. The number of methoxy groups -OCH3 is 2. The summed E-state index contributed by atoms with van der Waals surface area (Å²) in [7, 11) is 2.91. The number of hydrogen-bond acceptors (Lipinski definition) is 5. The number of nitrogens with one attached hydrogen (secondary N) is 1. The quantitative estimate of drug-likeness (QED) is 0.904. The SMILES string of the molecule is COc1ccccc1CNC(=O)c1cc(=O)c(OC)co1. The summed E-state index contributed by atoms with van der Waals surface area (Å²) in [4.78, 5) is 23.5. The van der Waals surface area contributed by atoms with E-state index < -0.39 is 11.3 Å². The number of ether oxygens (including phenoxy) is 2. The summed E-state index contributed by atoms with van der Waals surface area (Å²) in [5, 5.41) is 2.66. The summed E-state index contributed by atoms with van der Waals surface area (Å²) in [5.41, 5.74) is 0.412. The Morgan fingerprint density at radius 3 is 2.57 bits per heavy atom. The molecule has 0 aliphatic rings. The molecule has 0 aliphatic heterocycles. The van der Waals surface area contributed by atoms with Gasteiger partial charge in [0.15, 0.2) is 5.76 Å². The van der Waals surface area contributed by atoms with Gasteiger partial charge in [0.25, 0.3) is 5.91 Å². The van der Waals surface area contributed by atoms with E-state index in [-0.39, 0.29) is 18.1 Å². The van der Waals surface area contributed by atoms with Gasteiger partial charge in [0, 0.05) is 18.2 Å². The van der Waals surface area contributed by atoms with Crippen LogP contribution in [0.4, 0.5) is 0 Å². The number of carbonyl (C=O) groups excluding carboxylic acids is 1. The number of para-hydroxylation sites is 1. The second-order valence-electron chi connectivity index (χ2n) is 4.17. The van der Waals surface area contributed by atoms with E-state index in [0.717, 1.165) is 17.9 Å². The Morgan fingerprint density at radius 2 is 1.90 bits per heavy atom. The molecule has 6 heteroatoms. The molecule has 1 amide bonds. The van der Waals surface area contributed by atoms with E-state index in [4.69, 9.17) is 13.9 Å². The maximum Gasteiger partial charge on any atom is 0.287 e. The highest BCUT2D eigenvalue weighted by molar-refractivity contribution is 5.91. The maximum atomic E-state index is 11.9. The summed E-state index contributed by atoms with van der Waals surface area (Å²) in [5.74, 6) is 0.168. The van der Waals surface area contributed by atoms with Crippen molar-refractivity contribution in [3.8, 4) is 11.5 Å². The first kappa shape index (κ1) is 14.6. The van der Waals surface area contributed by atoms with Crippen LogP contribution in [0.3, 0.4) is 0 Å². The fraction of sp³-hybridized carbons (Fsp3) is 0.200. The van der Waals surface area contributed by atoms with Gasteiger partial charge in [0.1, 0.15) is 12.0 Å². The number of rotatable bonds is 5. The second kappa shape index (κ2) is 6.60. The first-order valence-corrected chi connectivity index (χ1v) is 6.22. The molecule has 1 N–H and O–H groups in total. The molecular weight excluding hydrogens is 274 g/mol. The molecule has 0 unspecified atom stereocenters. The van der Waals surface area contributed by atoms with Crippen LogP contribution >= 0.6 is 0 Å². The van der Waals surface area contributed by atoms with Crippen molar-refractivity contribution < 1.29 is 18.7 Å². The fourth-order valence-electron chi connectivity index (χ4n) is 1.78. The summed E-state index contributed by atoms with van der Waals surface area (Å²) in [6.07, 6.45) is 1.11. The number of benzene rings is 1. The van der Waals surface area contributed by atoms with Crippen LogP contribution in [-0.2, 0) is 6.54 Å². The van der Waals surface area contributed by atoms with Crippen LogP contribution in [0.1, 0.15) is 16.1 Å². The van der Waals surface area contributed by atoms with Crippen LogP contribution in [0.15, 0.2) is 45.8 Å². The van der Waals surface area contributed by atoms with Crippen LogP contribution in [0.25, 0.3) is 0 Å². The Labute approximate surface area is 121 Å². The summed E-state index contributed by atoms with van der Waals surface area (Å²) in [6.45, 7) is 0.262. The van der Waals surface area contributed by atoms with Crippen molar-refractivity contribution in [2.75, 3.05) is 14.2 Å². The van der Waals surface area contributed by atoms with Crippen molar-refractivity contribution in [1.29, 1.82) is 0 Å². The molecule has 110 valence electrons. The van der Waals surface area contributed by atoms with E-state index in [1.54, 1.807) is 13.2 Å². The van der Waals surface area contributed by atoms with E-state index in [0.29, 0.717) is 5.75 Å². The summed E-state index contributed by atoms with van der Waals surface area (Å²) in [6, 6.07) is 8.42. The minimum absolute atomic E-state index is 0.0521. The van der Waals surface area contributed by atoms with E-state index in [2.05, 4.69) is 5.32 Å². The minimum atomic E-state index is -0.486. The molecule has 0 spiro atoms. The Hall–Kier alpha value is -2.76. The lowest BCUT2D eigenvalue weighted by atomic mass is 10.2. The van der Waals surface area contributed by atoms with Crippen LogP contribution in [-0.4, -0.2) is 20.1 Å². The molecule has 6 nitrogen and oxygen atoms in total. The van der Waals surface area contributed by atoms with Crippen LogP contribution in [0.5, 0.6) is 11.5 Å². The molecule has 0 saturated heterocycles. The van der Waals surface area contributed by atoms with Gasteiger partial charge < -0.3 is 19.2 Å². The molecule has 0 bridgehead atoms.